The third-order valence-corrected chi connectivity index (χ3v) is 3.45. The fourth-order valence-electron chi connectivity index (χ4n) is 2.73. The van der Waals surface area contributed by atoms with Crippen LogP contribution in [0.3, 0.4) is 0 Å². The zero-order valence-corrected chi connectivity index (χ0v) is 11.7. The average Bonchev–Trinajstić information content (AvgIpc) is 2.55. The first-order chi connectivity index (χ1) is 8.77. The van der Waals surface area contributed by atoms with Gasteiger partial charge in [-0.3, -0.25) is 14.9 Å². The van der Waals surface area contributed by atoms with E-state index in [0.29, 0.717) is 0 Å². The molecule has 1 aliphatic rings. The van der Waals surface area contributed by atoms with E-state index in [1.165, 1.54) is 16.6 Å². The Balaban J connectivity index is 0.00000133. The van der Waals surface area contributed by atoms with Gasteiger partial charge in [0.25, 0.3) is 0 Å². The topological polar surface area (TPSA) is 46.1 Å². The van der Waals surface area contributed by atoms with E-state index in [2.05, 4.69) is 28.9 Å². The number of benzene rings is 1. The molecule has 0 atom stereocenters. The van der Waals surface area contributed by atoms with Gasteiger partial charge in [0.05, 0.1) is 5.52 Å². The molecule has 0 spiro atoms. The van der Waals surface area contributed by atoms with Gasteiger partial charge in [-0.2, -0.15) is 0 Å². The van der Waals surface area contributed by atoms with Crippen LogP contribution in [0.1, 0.15) is 18.2 Å². The van der Waals surface area contributed by atoms with Crippen molar-refractivity contribution < 1.29 is 4.79 Å². The van der Waals surface area contributed by atoms with Crippen molar-refractivity contribution in [2.75, 3.05) is 18.5 Å². The lowest BCUT2D eigenvalue weighted by molar-refractivity contribution is -0.115. The van der Waals surface area contributed by atoms with E-state index in [4.69, 9.17) is 0 Å². The van der Waals surface area contributed by atoms with E-state index < -0.39 is 0 Å². The van der Waals surface area contributed by atoms with Gasteiger partial charge in [0, 0.05) is 31.0 Å². The molecule has 2 aromatic rings. The summed E-state index contributed by atoms with van der Waals surface area (Å²) in [6.45, 7) is 3.51. The third kappa shape index (κ3) is 2.46. The van der Waals surface area contributed by atoms with Crippen LogP contribution in [0.15, 0.2) is 24.3 Å². The van der Waals surface area contributed by atoms with Crippen molar-refractivity contribution in [1.29, 1.82) is 0 Å². The molecule has 4 nitrogen and oxygen atoms in total. The van der Waals surface area contributed by atoms with Gasteiger partial charge in [-0.25, -0.2) is 0 Å². The SMILES string of the molecule is CC(=O)Nn1c2c(c3ccccc31)CCNCC2.Cl. The van der Waals surface area contributed by atoms with Crippen LogP contribution in [-0.2, 0) is 17.6 Å². The average molecular weight is 280 g/mol. The summed E-state index contributed by atoms with van der Waals surface area (Å²) in [5.41, 5.74) is 6.63. The number of carbonyl (C=O) groups is 1. The maximum absolute atomic E-state index is 11.4. The van der Waals surface area contributed by atoms with Crippen LogP contribution in [0.5, 0.6) is 0 Å². The lowest BCUT2D eigenvalue weighted by Crippen LogP contribution is -2.23. The van der Waals surface area contributed by atoms with Gasteiger partial charge in [-0.15, -0.1) is 12.4 Å². The van der Waals surface area contributed by atoms with Crippen LogP contribution in [0, 0.1) is 0 Å². The highest BCUT2D eigenvalue weighted by Crippen LogP contribution is 2.27. The first-order valence-electron chi connectivity index (χ1n) is 6.37. The second kappa shape index (κ2) is 5.63. The molecule has 2 heterocycles. The molecule has 1 aromatic carbocycles. The summed E-state index contributed by atoms with van der Waals surface area (Å²) < 4.78 is 1.96. The molecular formula is C14H18ClN3O. The Morgan fingerprint density at radius 3 is 2.79 bits per heavy atom. The second-order valence-electron chi connectivity index (χ2n) is 4.70. The number of nitrogens with one attached hydrogen (secondary N) is 2. The van der Waals surface area contributed by atoms with Gasteiger partial charge in [-0.05, 0) is 24.6 Å². The molecule has 19 heavy (non-hydrogen) atoms. The van der Waals surface area contributed by atoms with Crippen molar-refractivity contribution in [3.05, 3.63) is 35.5 Å². The quantitative estimate of drug-likeness (QED) is 0.837. The molecule has 102 valence electrons. The molecule has 0 radical (unpaired) electrons. The zero-order chi connectivity index (χ0) is 12.5. The summed E-state index contributed by atoms with van der Waals surface area (Å²) in [6, 6.07) is 8.27. The molecule has 0 bridgehead atoms. The summed E-state index contributed by atoms with van der Waals surface area (Å²) in [6.07, 6.45) is 1.97. The van der Waals surface area contributed by atoms with E-state index in [0.717, 1.165) is 31.4 Å². The number of halogens is 1. The largest absolute Gasteiger partial charge is 0.316 e. The Hall–Kier alpha value is -1.52. The monoisotopic (exact) mass is 279 g/mol. The highest BCUT2D eigenvalue weighted by molar-refractivity contribution is 5.89. The molecule has 1 amide bonds. The molecule has 0 saturated heterocycles. The summed E-state index contributed by atoms with van der Waals surface area (Å²) in [5, 5.41) is 4.65. The molecule has 3 rings (SSSR count). The minimum atomic E-state index is -0.0317. The summed E-state index contributed by atoms with van der Waals surface area (Å²) >= 11 is 0. The molecule has 0 saturated carbocycles. The third-order valence-electron chi connectivity index (χ3n) is 3.45. The molecule has 1 aromatic heterocycles. The van der Waals surface area contributed by atoms with Gasteiger partial charge < -0.3 is 5.32 Å². The fraction of sp³-hybridized carbons (Fsp3) is 0.357. The Morgan fingerprint density at radius 1 is 1.26 bits per heavy atom. The number of rotatable bonds is 1. The summed E-state index contributed by atoms with van der Waals surface area (Å²) in [5.74, 6) is -0.0317. The molecular weight excluding hydrogens is 262 g/mol. The van der Waals surface area contributed by atoms with E-state index >= 15 is 0 Å². The van der Waals surface area contributed by atoms with E-state index in [1.807, 2.05) is 10.7 Å². The minimum Gasteiger partial charge on any atom is -0.316 e. The van der Waals surface area contributed by atoms with E-state index in [9.17, 15) is 4.79 Å². The van der Waals surface area contributed by atoms with Crippen LogP contribution in [0.4, 0.5) is 0 Å². The summed E-state index contributed by atoms with van der Waals surface area (Å²) in [4.78, 5) is 11.4. The van der Waals surface area contributed by atoms with Crippen molar-refractivity contribution >= 4 is 29.2 Å². The van der Waals surface area contributed by atoms with Crippen LogP contribution in [0.25, 0.3) is 10.9 Å². The molecule has 0 unspecified atom stereocenters. The van der Waals surface area contributed by atoms with Crippen molar-refractivity contribution in [3.63, 3.8) is 0 Å². The van der Waals surface area contributed by atoms with Crippen molar-refractivity contribution in [1.82, 2.24) is 9.99 Å². The smallest absolute Gasteiger partial charge is 0.235 e. The van der Waals surface area contributed by atoms with Crippen LogP contribution >= 0.6 is 12.4 Å². The first-order valence-corrected chi connectivity index (χ1v) is 6.37. The van der Waals surface area contributed by atoms with E-state index in [-0.39, 0.29) is 18.3 Å². The molecule has 2 N–H and O–H groups in total. The Labute approximate surface area is 118 Å². The highest BCUT2D eigenvalue weighted by atomic mass is 35.5. The number of hydrogen-bond donors (Lipinski definition) is 2. The number of hydrogen-bond acceptors (Lipinski definition) is 2. The second-order valence-corrected chi connectivity index (χ2v) is 4.70. The molecule has 1 aliphatic heterocycles. The van der Waals surface area contributed by atoms with Gasteiger partial charge in [0.1, 0.15) is 0 Å². The minimum absolute atomic E-state index is 0. The van der Waals surface area contributed by atoms with Gasteiger partial charge in [-0.1, -0.05) is 18.2 Å². The number of para-hydroxylation sites is 1. The van der Waals surface area contributed by atoms with Crippen LogP contribution < -0.4 is 10.7 Å². The Kier molecular flexibility index (Phi) is 4.12. The van der Waals surface area contributed by atoms with Crippen LogP contribution in [0.2, 0.25) is 0 Å². The number of carbonyl (C=O) groups excluding carboxylic acids is 1. The molecule has 0 fully saturated rings. The Bertz CT molecular complexity index is 606. The number of fused-ring (bicyclic) bond motifs is 3. The van der Waals surface area contributed by atoms with Crippen molar-refractivity contribution in [2.45, 2.75) is 19.8 Å². The predicted molar refractivity (Wildman–Crippen MR) is 79.5 cm³/mol. The number of aromatic nitrogens is 1. The van der Waals surface area contributed by atoms with Gasteiger partial charge in [0.2, 0.25) is 5.91 Å². The maximum Gasteiger partial charge on any atom is 0.235 e. The van der Waals surface area contributed by atoms with Gasteiger partial charge >= 0.3 is 0 Å². The predicted octanol–water partition coefficient (Wildman–Crippen LogP) is 1.84. The number of nitrogens with zero attached hydrogens (tertiary/aromatic N) is 1. The zero-order valence-electron chi connectivity index (χ0n) is 10.9. The Morgan fingerprint density at radius 2 is 2.00 bits per heavy atom. The standard InChI is InChI=1S/C14H17N3O.ClH/c1-10(18)16-17-13-5-3-2-4-11(13)12-6-8-15-9-7-14(12)17;/h2-5,15H,6-9H2,1H3,(H,16,18);1H. The molecule has 5 heteroatoms. The van der Waals surface area contributed by atoms with E-state index in [1.54, 1.807) is 6.92 Å². The van der Waals surface area contributed by atoms with Crippen molar-refractivity contribution in [3.8, 4) is 0 Å². The molecule has 0 aliphatic carbocycles. The fourth-order valence-corrected chi connectivity index (χ4v) is 2.73. The maximum atomic E-state index is 11.4. The lowest BCUT2D eigenvalue weighted by atomic mass is 10.1. The highest BCUT2D eigenvalue weighted by Gasteiger charge is 2.18. The van der Waals surface area contributed by atoms with Gasteiger partial charge in [0.15, 0.2) is 0 Å². The first kappa shape index (κ1) is 13.9. The van der Waals surface area contributed by atoms with Crippen molar-refractivity contribution in [2.24, 2.45) is 0 Å². The summed E-state index contributed by atoms with van der Waals surface area (Å²) in [7, 11) is 0. The van der Waals surface area contributed by atoms with Crippen LogP contribution in [-0.4, -0.2) is 23.7 Å². The lowest BCUT2D eigenvalue weighted by Gasteiger charge is -2.10. The number of amides is 1. The normalized spacial score (nSPS) is 14.4.